The van der Waals surface area contributed by atoms with Crippen LogP contribution in [0.2, 0.25) is 0 Å². The second kappa shape index (κ2) is 3.92. The number of carbonyl (C=O) groups excluding carboxylic acids is 2. The van der Waals surface area contributed by atoms with Gasteiger partial charge in [-0.15, -0.1) is 0 Å². The van der Waals surface area contributed by atoms with Crippen molar-refractivity contribution in [2.45, 2.75) is 39.2 Å². The van der Waals surface area contributed by atoms with Gasteiger partial charge in [0.15, 0.2) is 0 Å². The number of hydrogen-bond acceptors (Lipinski definition) is 3. The van der Waals surface area contributed by atoms with Crippen LogP contribution in [0.4, 0.5) is 0 Å². The van der Waals surface area contributed by atoms with Crippen molar-refractivity contribution in [3.63, 3.8) is 0 Å². The predicted molar refractivity (Wildman–Crippen MR) is 72.3 cm³/mol. The third kappa shape index (κ3) is 1.43. The molecule has 0 spiro atoms. The van der Waals surface area contributed by atoms with E-state index in [-0.39, 0.29) is 28.7 Å². The van der Waals surface area contributed by atoms with E-state index in [0.717, 1.165) is 19.4 Å². The molecule has 3 aliphatic rings. The zero-order valence-corrected chi connectivity index (χ0v) is 11.9. The minimum absolute atomic E-state index is 0.0315. The third-order valence-corrected chi connectivity index (χ3v) is 6.04. The van der Waals surface area contributed by atoms with Crippen LogP contribution in [0.15, 0.2) is 12.2 Å². The fourth-order valence-corrected chi connectivity index (χ4v) is 4.85. The lowest BCUT2D eigenvalue weighted by atomic mass is 9.67. The Morgan fingerprint density at radius 3 is 2.47 bits per heavy atom. The molecule has 104 valence electrons. The van der Waals surface area contributed by atoms with Crippen LogP contribution in [0.1, 0.15) is 33.1 Å². The van der Waals surface area contributed by atoms with Gasteiger partial charge in [-0.25, -0.2) is 0 Å². The van der Waals surface area contributed by atoms with Gasteiger partial charge < -0.3 is 5.32 Å². The summed E-state index contributed by atoms with van der Waals surface area (Å²) in [4.78, 5) is 25.5. The van der Waals surface area contributed by atoms with Crippen molar-refractivity contribution in [1.82, 2.24) is 10.2 Å². The fourth-order valence-electron chi connectivity index (χ4n) is 4.85. The first-order chi connectivity index (χ1) is 8.94. The van der Waals surface area contributed by atoms with Crippen molar-refractivity contribution >= 4 is 11.8 Å². The summed E-state index contributed by atoms with van der Waals surface area (Å²) in [7, 11) is 1.96. The van der Waals surface area contributed by atoms with E-state index in [0.29, 0.717) is 5.92 Å². The lowest BCUT2D eigenvalue weighted by Gasteiger charge is -2.45. The van der Waals surface area contributed by atoms with Crippen LogP contribution < -0.4 is 5.32 Å². The molecule has 0 radical (unpaired) electrons. The maximum absolute atomic E-state index is 12.0. The summed E-state index contributed by atoms with van der Waals surface area (Å²) in [6.07, 6.45) is 6.11. The number of nitrogens with zero attached hydrogens (tertiary/aromatic N) is 1. The Bertz CT molecular complexity index is 451. The lowest BCUT2D eigenvalue weighted by Crippen LogP contribution is -2.54. The predicted octanol–water partition coefficient (Wildman–Crippen LogP) is 1.33. The first kappa shape index (κ1) is 12.9. The number of fused-ring (bicyclic) bond motifs is 2. The Balaban J connectivity index is 1.99. The molecule has 2 aliphatic carbocycles. The molecular formula is C15H22N2O2. The highest BCUT2D eigenvalue weighted by molar-refractivity contribution is 6.13. The van der Waals surface area contributed by atoms with Gasteiger partial charge in [0.25, 0.3) is 11.8 Å². The molecular weight excluding hydrogens is 240 g/mol. The van der Waals surface area contributed by atoms with E-state index in [1.54, 1.807) is 0 Å². The topological polar surface area (TPSA) is 49.4 Å². The Labute approximate surface area is 114 Å². The smallest absolute Gasteiger partial charge is 0.253 e. The van der Waals surface area contributed by atoms with E-state index in [4.69, 9.17) is 0 Å². The largest absolute Gasteiger partial charge is 0.319 e. The summed E-state index contributed by atoms with van der Waals surface area (Å²) in [5.74, 6) is 0.356. The normalized spacial score (nSPS) is 39.6. The molecule has 1 heterocycles. The second-order valence-electron chi connectivity index (χ2n) is 6.78. The highest BCUT2D eigenvalue weighted by Crippen LogP contribution is 2.66. The molecule has 2 bridgehead atoms. The maximum Gasteiger partial charge on any atom is 0.253 e. The Hall–Kier alpha value is -1.16. The summed E-state index contributed by atoms with van der Waals surface area (Å²) in [5, 5.41) is 3.30. The monoisotopic (exact) mass is 262 g/mol. The van der Waals surface area contributed by atoms with Crippen molar-refractivity contribution in [3.05, 3.63) is 12.2 Å². The van der Waals surface area contributed by atoms with Crippen molar-refractivity contribution < 1.29 is 9.59 Å². The summed E-state index contributed by atoms with van der Waals surface area (Å²) in [6.45, 7) is 5.49. The average molecular weight is 262 g/mol. The molecule has 2 amide bonds. The van der Waals surface area contributed by atoms with E-state index in [1.165, 1.54) is 23.5 Å². The summed E-state index contributed by atoms with van der Waals surface area (Å²) in [6, 6.07) is 0.0590. The van der Waals surface area contributed by atoms with Crippen molar-refractivity contribution in [2.24, 2.45) is 16.7 Å². The minimum atomic E-state index is -0.131. The van der Waals surface area contributed by atoms with E-state index < -0.39 is 0 Å². The van der Waals surface area contributed by atoms with Crippen LogP contribution in [0, 0.1) is 16.7 Å². The van der Waals surface area contributed by atoms with Gasteiger partial charge in [-0.2, -0.15) is 0 Å². The van der Waals surface area contributed by atoms with Crippen LogP contribution in [-0.4, -0.2) is 36.3 Å². The molecule has 0 saturated heterocycles. The van der Waals surface area contributed by atoms with Gasteiger partial charge in [0.2, 0.25) is 0 Å². The van der Waals surface area contributed by atoms with Crippen LogP contribution in [-0.2, 0) is 9.59 Å². The Morgan fingerprint density at radius 1 is 1.32 bits per heavy atom. The number of hydrogen-bond donors (Lipinski definition) is 1. The van der Waals surface area contributed by atoms with Gasteiger partial charge in [-0.05, 0) is 37.6 Å². The van der Waals surface area contributed by atoms with Gasteiger partial charge in [0, 0.05) is 30.2 Å². The second-order valence-corrected chi connectivity index (χ2v) is 6.78. The summed E-state index contributed by atoms with van der Waals surface area (Å²) >= 11 is 0. The van der Waals surface area contributed by atoms with Crippen LogP contribution in [0.25, 0.3) is 0 Å². The fraction of sp³-hybridized carbons (Fsp3) is 0.733. The highest BCUT2D eigenvalue weighted by Gasteiger charge is 2.66. The zero-order valence-electron chi connectivity index (χ0n) is 11.9. The SMILES string of the molecule is CNCC12CCC(CC1N1C(=O)C=CC1=O)C2(C)C. The number of amides is 2. The van der Waals surface area contributed by atoms with Crippen molar-refractivity contribution in [3.8, 4) is 0 Å². The molecule has 4 nitrogen and oxygen atoms in total. The lowest BCUT2D eigenvalue weighted by molar-refractivity contribution is -0.143. The first-order valence-corrected chi connectivity index (χ1v) is 7.14. The molecule has 1 aliphatic heterocycles. The van der Waals surface area contributed by atoms with Crippen LogP contribution in [0.5, 0.6) is 0 Å². The Kier molecular flexibility index (Phi) is 2.65. The summed E-state index contributed by atoms with van der Waals surface area (Å²) < 4.78 is 0. The molecule has 3 rings (SSSR count). The zero-order chi connectivity index (χ0) is 13.8. The van der Waals surface area contributed by atoms with Crippen LogP contribution >= 0.6 is 0 Å². The minimum Gasteiger partial charge on any atom is -0.319 e. The molecule has 0 aromatic carbocycles. The molecule has 19 heavy (non-hydrogen) atoms. The summed E-state index contributed by atoms with van der Waals surface area (Å²) in [5.41, 5.74) is 0.216. The van der Waals surface area contributed by atoms with E-state index in [9.17, 15) is 9.59 Å². The third-order valence-electron chi connectivity index (χ3n) is 6.04. The van der Waals surface area contributed by atoms with Crippen molar-refractivity contribution in [2.75, 3.05) is 13.6 Å². The maximum atomic E-state index is 12.0. The molecule has 2 saturated carbocycles. The number of carbonyl (C=O) groups is 2. The molecule has 2 fully saturated rings. The molecule has 0 aromatic rings. The van der Waals surface area contributed by atoms with Gasteiger partial charge in [-0.1, -0.05) is 13.8 Å². The number of nitrogens with one attached hydrogen (secondary N) is 1. The van der Waals surface area contributed by atoms with Gasteiger partial charge in [0.1, 0.15) is 0 Å². The van der Waals surface area contributed by atoms with Gasteiger partial charge in [0.05, 0.1) is 0 Å². The quantitative estimate of drug-likeness (QED) is 0.781. The number of rotatable bonds is 3. The van der Waals surface area contributed by atoms with E-state index in [1.807, 2.05) is 7.05 Å². The standard InChI is InChI=1S/C15H22N2O2/c1-14(2)10-6-7-15(14,9-16-3)11(8-10)17-12(18)4-5-13(17)19/h4-5,10-11,16H,6-9H2,1-3H3. The van der Waals surface area contributed by atoms with Crippen LogP contribution in [0.3, 0.4) is 0 Å². The molecule has 3 atom stereocenters. The molecule has 1 N–H and O–H groups in total. The molecule has 0 aromatic heterocycles. The highest BCUT2D eigenvalue weighted by atomic mass is 16.2. The van der Waals surface area contributed by atoms with Crippen molar-refractivity contribution in [1.29, 1.82) is 0 Å². The average Bonchev–Trinajstić information content (AvgIpc) is 2.87. The number of imide groups is 1. The van der Waals surface area contributed by atoms with Gasteiger partial charge >= 0.3 is 0 Å². The van der Waals surface area contributed by atoms with E-state index >= 15 is 0 Å². The van der Waals surface area contributed by atoms with E-state index in [2.05, 4.69) is 19.2 Å². The first-order valence-electron chi connectivity index (χ1n) is 7.14. The molecule has 3 unspecified atom stereocenters. The van der Waals surface area contributed by atoms with Gasteiger partial charge in [-0.3, -0.25) is 14.5 Å². The molecule has 4 heteroatoms. The Morgan fingerprint density at radius 2 is 1.95 bits per heavy atom.